The third kappa shape index (κ3) is 11.1. The second-order valence-corrected chi connectivity index (χ2v) is 31.9. The van der Waals surface area contributed by atoms with E-state index in [1.165, 1.54) is 12.1 Å². The van der Waals surface area contributed by atoms with Gasteiger partial charge < -0.3 is 27.9 Å². The average molecular weight is 810 g/mol. The Morgan fingerprint density at radius 2 is 1.46 bits per heavy atom. The molecular formula is C38H57ClO9SSi3. The molecule has 0 aromatic heterocycles. The van der Waals surface area contributed by atoms with Crippen LogP contribution in [0.3, 0.4) is 0 Å². The van der Waals surface area contributed by atoms with Crippen LogP contribution in [0.1, 0.15) is 42.2 Å². The van der Waals surface area contributed by atoms with Crippen LogP contribution in [-0.2, 0) is 38.1 Å². The molecule has 0 saturated carbocycles. The van der Waals surface area contributed by atoms with Gasteiger partial charge in [0.1, 0.15) is 18.0 Å². The molecule has 0 spiro atoms. The number of benzene rings is 3. The summed E-state index contributed by atoms with van der Waals surface area (Å²) in [6.07, 6.45) is -3.19. The number of hydrogen-bond donors (Lipinski definition) is 1. The molecule has 6 atom stereocenters. The van der Waals surface area contributed by atoms with Gasteiger partial charge in [-0.25, -0.2) is 0 Å². The lowest BCUT2D eigenvalue weighted by Gasteiger charge is -2.53. The molecular weight excluding hydrogens is 752 g/mol. The summed E-state index contributed by atoms with van der Waals surface area (Å²) in [5.41, 5.74) is 2.07. The lowest BCUT2D eigenvalue weighted by molar-refractivity contribution is -0.341. The number of rotatable bonds is 15. The topological polar surface area (TPSA) is 110 Å². The van der Waals surface area contributed by atoms with E-state index in [-0.39, 0.29) is 22.4 Å². The van der Waals surface area contributed by atoms with Crippen LogP contribution in [0.2, 0.25) is 63.9 Å². The summed E-state index contributed by atoms with van der Waals surface area (Å²) in [5.74, 6) is -1.59. The predicted molar refractivity (Wildman–Crippen MR) is 214 cm³/mol. The van der Waals surface area contributed by atoms with Crippen molar-refractivity contribution < 1.29 is 40.5 Å². The summed E-state index contributed by atoms with van der Waals surface area (Å²) in [6, 6.07) is 18.4. The molecule has 9 nitrogen and oxygen atoms in total. The maximum atomic E-state index is 13.8. The molecule has 3 aromatic carbocycles. The van der Waals surface area contributed by atoms with E-state index in [9.17, 15) is 13.5 Å². The Hall–Kier alpha value is -1.89. The van der Waals surface area contributed by atoms with E-state index in [4.69, 9.17) is 38.5 Å². The maximum absolute atomic E-state index is 13.8. The Balaban J connectivity index is 1.92. The quantitative estimate of drug-likeness (QED) is 0.119. The zero-order valence-electron chi connectivity index (χ0n) is 32.7. The molecule has 0 amide bonds. The molecule has 3 aromatic rings. The van der Waals surface area contributed by atoms with E-state index in [2.05, 4.69) is 65.8 Å². The number of ether oxygens (including phenoxy) is 2. The number of aryl methyl sites for hydroxylation is 1. The van der Waals surface area contributed by atoms with Gasteiger partial charge in [-0.1, -0.05) is 54.4 Å². The fraction of sp³-hybridized carbons (Fsp3) is 0.526. The van der Waals surface area contributed by atoms with Gasteiger partial charge in [0.05, 0.1) is 30.3 Å². The van der Waals surface area contributed by atoms with Crippen molar-refractivity contribution in [3.05, 3.63) is 94.0 Å². The Labute approximate surface area is 319 Å². The second-order valence-electron chi connectivity index (χ2n) is 16.5. The van der Waals surface area contributed by atoms with Crippen molar-refractivity contribution >= 4 is 46.7 Å². The molecule has 1 fully saturated rings. The Morgan fingerprint density at radius 3 is 2.00 bits per heavy atom. The zero-order chi connectivity index (χ0) is 38.9. The monoisotopic (exact) mass is 808 g/mol. The fourth-order valence-corrected chi connectivity index (χ4v) is 10.2. The normalized spacial score (nSPS) is 23.7. The highest BCUT2D eigenvalue weighted by molar-refractivity contribution is 7.86. The first kappa shape index (κ1) is 42.8. The number of aliphatic hydroxyl groups is 1. The van der Waals surface area contributed by atoms with Crippen molar-refractivity contribution in [3.63, 3.8) is 0 Å². The highest BCUT2D eigenvalue weighted by Gasteiger charge is 2.57. The first-order valence-electron chi connectivity index (χ1n) is 17.8. The summed E-state index contributed by atoms with van der Waals surface area (Å²) >= 11 is 6.93. The van der Waals surface area contributed by atoms with Crippen LogP contribution in [0.25, 0.3) is 0 Å². The van der Waals surface area contributed by atoms with Crippen LogP contribution in [0.15, 0.2) is 71.6 Å². The smallest absolute Gasteiger partial charge is 0.297 e. The number of hydrogen-bond acceptors (Lipinski definition) is 9. The van der Waals surface area contributed by atoms with Crippen LogP contribution in [0.5, 0.6) is 5.75 Å². The van der Waals surface area contributed by atoms with Gasteiger partial charge in [0.2, 0.25) is 5.79 Å². The van der Waals surface area contributed by atoms with Crippen LogP contribution in [0.4, 0.5) is 0 Å². The van der Waals surface area contributed by atoms with Crippen molar-refractivity contribution in [3.8, 4) is 5.75 Å². The van der Waals surface area contributed by atoms with Gasteiger partial charge in [-0.3, -0.25) is 4.18 Å². The highest BCUT2D eigenvalue weighted by atomic mass is 35.5. The van der Waals surface area contributed by atoms with Crippen LogP contribution in [0, 0.1) is 12.8 Å². The van der Waals surface area contributed by atoms with Gasteiger partial charge in [-0.05, 0) is 115 Å². The van der Waals surface area contributed by atoms with E-state index in [0.717, 1.165) is 5.56 Å². The fourth-order valence-electron chi connectivity index (χ4n) is 6.02. The van der Waals surface area contributed by atoms with E-state index in [0.29, 0.717) is 29.0 Å². The lowest BCUT2D eigenvalue weighted by Crippen LogP contribution is -2.65. The molecule has 1 N–H and O–H groups in total. The summed E-state index contributed by atoms with van der Waals surface area (Å²) < 4.78 is 66.2. The Morgan fingerprint density at radius 1 is 0.865 bits per heavy atom. The largest absolute Gasteiger partial charge is 0.494 e. The molecule has 0 bridgehead atoms. The summed E-state index contributed by atoms with van der Waals surface area (Å²) in [7, 11) is -10.8. The third-order valence-corrected chi connectivity index (χ3v) is 13.1. The van der Waals surface area contributed by atoms with Crippen molar-refractivity contribution in [2.45, 2.75) is 115 Å². The second kappa shape index (κ2) is 16.5. The van der Waals surface area contributed by atoms with E-state index in [1.54, 1.807) is 54.6 Å². The SMILES string of the molecule is CCOc1ccc(C(OS(=O)(=O)c2ccc(C)cc2)c2cc([C@]3(O)O[C@H](CO[Si](C)(C)C)[C@@H](C)[C@H](O[Si](C)(C)C)[C@H]3O[Si](C)(C)C)ccc2Cl)cc1. The van der Waals surface area contributed by atoms with Gasteiger partial charge in [0, 0.05) is 22.1 Å². The van der Waals surface area contributed by atoms with Crippen molar-refractivity contribution in [1.29, 1.82) is 0 Å². The molecule has 1 aliphatic heterocycles. The molecule has 0 aliphatic carbocycles. The molecule has 14 heteroatoms. The van der Waals surface area contributed by atoms with Gasteiger partial charge in [0.25, 0.3) is 10.1 Å². The molecule has 288 valence electrons. The van der Waals surface area contributed by atoms with Gasteiger partial charge in [0.15, 0.2) is 25.0 Å². The average Bonchev–Trinajstić information content (AvgIpc) is 3.02. The van der Waals surface area contributed by atoms with Crippen LogP contribution in [-0.4, -0.2) is 70.0 Å². The first-order valence-corrected chi connectivity index (χ1v) is 29.9. The maximum Gasteiger partial charge on any atom is 0.297 e. The Bertz CT molecular complexity index is 1750. The molecule has 52 heavy (non-hydrogen) atoms. The predicted octanol–water partition coefficient (Wildman–Crippen LogP) is 9.01. The highest BCUT2D eigenvalue weighted by Crippen LogP contribution is 2.46. The lowest BCUT2D eigenvalue weighted by atomic mass is 9.83. The molecule has 1 unspecified atom stereocenters. The number of halogens is 1. The summed E-state index contributed by atoms with van der Waals surface area (Å²) in [4.78, 5) is 0.00437. The minimum absolute atomic E-state index is 0.00437. The van der Waals surface area contributed by atoms with Gasteiger partial charge in [-0.15, -0.1) is 0 Å². The zero-order valence-corrected chi connectivity index (χ0v) is 37.2. The van der Waals surface area contributed by atoms with Gasteiger partial charge >= 0.3 is 0 Å². The summed E-state index contributed by atoms with van der Waals surface area (Å²) in [6.45, 7) is 25.4. The Kier molecular flexibility index (Phi) is 13.6. The van der Waals surface area contributed by atoms with E-state index < -0.39 is 65.3 Å². The van der Waals surface area contributed by atoms with Gasteiger partial charge in [-0.2, -0.15) is 8.42 Å². The standard InChI is InChI=1S/C38H57ClO9SSi3/c1-13-43-30-19-16-28(17-20-30)36(46-49(41,42)31-21-14-26(2)15-22-31)32-24-29(18-23-33(32)39)38(40)37(48-52(10,11)12)35(47-51(7,8)9)27(3)34(45-38)25-44-50(4,5)6/h14-24,27,34-37,40H,13,25H2,1-12H3/t27-,34-,35+,36?,37-,38+/m1/s1. The van der Waals surface area contributed by atoms with Crippen molar-refractivity contribution in [2.24, 2.45) is 5.92 Å². The van der Waals surface area contributed by atoms with E-state index >= 15 is 0 Å². The molecule has 0 radical (unpaired) electrons. The van der Waals surface area contributed by atoms with Crippen molar-refractivity contribution in [2.75, 3.05) is 13.2 Å². The molecule has 1 aliphatic rings. The summed E-state index contributed by atoms with van der Waals surface area (Å²) in [5, 5.41) is 13.2. The van der Waals surface area contributed by atoms with Crippen molar-refractivity contribution in [1.82, 2.24) is 0 Å². The minimum Gasteiger partial charge on any atom is -0.494 e. The first-order chi connectivity index (χ1) is 23.9. The van der Waals surface area contributed by atoms with Crippen LogP contribution < -0.4 is 4.74 Å². The molecule has 4 rings (SSSR count). The minimum atomic E-state index is -4.29. The molecule has 1 saturated heterocycles. The molecule has 1 heterocycles. The van der Waals surface area contributed by atoms with E-state index in [1.807, 2.05) is 13.8 Å². The third-order valence-electron chi connectivity index (χ3n) is 8.49. The van der Waals surface area contributed by atoms with Crippen LogP contribution >= 0.6 is 11.6 Å².